The van der Waals surface area contributed by atoms with E-state index in [4.69, 9.17) is 4.98 Å². The first-order chi connectivity index (χ1) is 10.7. The van der Waals surface area contributed by atoms with Crippen LogP contribution in [0.25, 0.3) is 0 Å². The van der Waals surface area contributed by atoms with Crippen molar-refractivity contribution in [2.45, 2.75) is 51.2 Å². The number of aliphatic carboxylic acids is 1. The Morgan fingerprint density at radius 3 is 3.09 bits per heavy atom. The van der Waals surface area contributed by atoms with Gasteiger partial charge in [0.2, 0.25) is 0 Å². The number of aryl methyl sites for hydroxylation is 2. The number of nitrogens with one attached hydrogen (secondary N) is 1. The molecule has 22 heavy (non-hydrogen) atoms. The molecule has 4 rings (SSSR count). The van der Waals surface area contributed by atoms with Crippen LogP contribution in [-0.2, 0) is 37.1 Å². The van der Waals surface area contributed by atoms with E-state index in [1.54, 1.807) is 17.7 Å². The highest BCUT2D eigenvalue weighted by Gasteiger charge is 2.33. The molecule has 7 heteroatoms. The number of aromatic nitrogens is 3. The number of carboxylic acids is 1. The summed E-state index contributed by atoms with van der Waals surface area (Å²) in [5.41, 5.74) is 3.14. The summed E-state index contributed by atoms with van der Waals surface area (Å²) in [7, 11) is 0. The Hall–Kier alpha value is -1.73. The number of imidazole rings is 1. The second kappa shape index (κ2) is 5.48. The molecule has 0 unspecified atom stereocenters. The molecular weight excluding hydrogens is 300 g/mol. The third kappa shape index (κ3) is 2.44. The number of nitrogens with zero attached hydrogens (tertiary/aromatic N) is 3. The van der Waals surface area contributed by atoms with Crippen LogP contribution >= 0.6 is 11.3 Å². The van der Waals surface area contributed by atoms with Gasteiger partial charge in [-0.05, 0) is 25.7 Å². The Labute approximate surface area is 132 Å². The number of H-pyrrole nitrogens is 1. The fraction of sp³-hybridized carbons (Fsp3) is 0.533. The maximum atomic E-state index is 11.6. The maximum absolute atomic E-state index is 11.6. The van der Waals surface area contributed by atoms with E-state index in [1.165, 1.54) is 23.4 Å². The van der Waals surface area contributed by atoms with Crippen LogP contribution in [0.4, 0.5) is 0 Å². The minimum Gasteiger partial charge on any atom is -0.480 e. The van der Waals surface area contributed by atoms with E-state index in [2.05, 4.69) is 9.97 Å². The molecule has 6 nitrogen and oxygen atoms in total. The van der Waals surface area contributed by atoms with Gasteiger partial charge in [0.05, 0.1) is 30.0 Å². The summed E-state index contributed by atoms with van der Waals surface area (Å²) in [4.78, 5) is 27.1. The van der Waals surface area contributed by atoms with Crippen molar-refractivity contribution >= 4 is 17.3 Å². The minimum absolute atomic E-state index is 0.458. The molecule has 0 radical (unpaired) electrons. The molecule has 1 atom stereocenters. The van der Waals surface area contributed by atoms with E-state index in [9.17, 15) is 9.90 Å². The standard InChI is InChI=1S/C15H18N4O2S/c20-15(21)12-5-10-11(17-8-16-10)6-19(12)7-14-18-9-3-1-2-4-13(9)22-14/h8,12H,1-7H2,(H,16,17)(H,20,21)/t12-/m0/s1. The number of carbonyl (C=O) groups is 1. The molecule has 0 amide bonds. The average Bonchev–Trinajstić information content (AvgIpc) is 3.11. The predicted octanol–water partition coefficient (Wildman–Crippen LogP) is 1.76. The Balaban J connectivity index is 1.58. The molecule has 0 saturated heterocycles. The van der Waals surface area contributed by atoms with Crippen molar-refractivity contribution in [2.24, 2.45) is 0 Å². The number of thiazole rings is 1. The first kappa shape index (κ1) is 13.9. The van der Waals surface area contributed by atoms with Crippen molar-refractivity contribution in [3.8, 4) is 0 Å². The molecule has 3 heterocycles. The minimum atomic E-state index is -0.782. The van der Waals surface area contributed by atoms with Crippen LogP contribution in [0.3, 0.4) is 0 Å². The lowest BCUT2D eigenvalue weighted by Gasteiger charge is -2.31. The van der Waals surface area contributed by atoms with Crippen LogP contribution in [0.5, 0.6) is 0 Å². The Kier molecular flexibility index (Phi) is 3.46. The third-order valence-corrected chi connectivity index (χ3v) is 5.65. The largest absolute Gasteiger partial charge is 0.480 e. The Morgan fingerprint density at radius 1 is 1.41 bits per heavy atom. The van der Waals surface area contributed by atoms with E-state index in [1.807, 2.05) is 4.90 Å². The number of fused-ring (bicyclic) bond motifs is 2. The van der Waals surface area contributed by atoms with Crippen molar-refractivity contribution in [3.63, 3.8) is 0 Å². The molecular formula is C15H18N4O2S. The van der Waals surface area contributed by atoms with Gasteiger partial charge in [0.25, 0.3) is 0 Å². The number of aromatic amines is 1. The summed E-state index contributed by atoms with van der Waals surface area (Å²) in [6.07, 6.45) is 6.76. The number of rotatable bonds is 3. The Morgan fingerprint density at radius 2 is 2.27 bits per heavy atom. The molecule has 0 aromatic carbocycles. The fourth-order valence-electron chi connectivity index (χ4n) is 3.34. The summed E-state index contributed by atoms with van der Waals surface area (Å²) >= 11 is 1.75. The van der Waals surface area contributed by atoms with E-state index in [0.717, 1.165) is 29.2 Å². The van der Waals surface area contributed by atoms with E-state index in [-0.39, 0.29) is 0 Å². The first-order valence-electron chi connectivity index (χ1n) is 7.66. The SMILES string of the molecule is O=C(O)[C@@H]1Cc2nc[nH]c2CN1Cc1nc2c(s1)CCCC2. The second-order valence-electron chi connectivity index (χ2n) is 5.98. The van der Waals surface area contributed by atoms with Gasteiger partial charge in [0.1, 0.15) is 11.0 Å². The van der Waals surface area contributed by atoms with Gasteiger partial charge in [-0.2, -0.15) is 0 Å². The summed E-state index contributed by atoms with van der Waals surface area (Å²) < 4.78 is 0. The van der Waals surface area contributed by atoms with Gasteiger partial charge in [-0.1, -0.05) is 0 Å². The van der Waals surface area contributed by atoms with Gasteiger partial charge in [0, 0.05) is 17.8 Å². The van der Waals surface area contributed by atoms with E-state index >= 15 is 0 Å². The molecule has 2 aromatic heterocycles. The predicted molar refractivity (Wildman–Crippen MR) is 81.7 cm³/mol. The van der Waals surface area contributed by atoms with Gasteiger partial charge < -0.3 is 10.1 Å². The second-order valence-corrected chi connectivity index (χ2v) is 7.14. The van der Waals surface area contributed by atoms with E-state index in [0.29, 0.717) is 19.5 Å². The van der Waals surface area contributed by atoms with Crippen LogP contribution in [-0.4, -0.2) is 37.0 Å². The lowest BCUT2D eigenvalue weighted by molar-refractivity contribution is -0.144. The summed E-state index contributed by atoms with van der Waals surface area (Å²) in [5.74, 6) is -0.782. The molecule has 116 valence electrons. The fourth-order valence-corrected chi connectivity index (χ4v) is 4.53. The van der Waals surface area contributed by atoms with Crippen molar-refractivity contribution in [3.05, 3.63) is 33.3 Å². The van der Waals surface area contributed by atoms with Gasteiger partial charge in [-0.25, -0.2) is 9.97 Å². The van der Waals surface area contributed by atoms with Crippen LogP contribution in [0, 0.1) is 0 Å². The topological polar surface area (TPSA) is 82.1 Å². The molecule has 1 aliphatic heterocycles. The lowest BCUT2D eigenvalue weighted by Crippen LogP contribution is -2.45. The molecule has 1 aliphatic carbocycles. The molecule has 2 aromatic rings. The smallest absolute Gasteiger partial charge is 0.321 e. The van der Waals surface area contributed by atoms with Gasteiger partial charge >= 0.3 is 5.97 Å². The maximum Gasteiger partial charge on any atom is 0.321 e. The van der Waals surface area contributed by atoms with Crippen molar-refractivity contribution in [2.75, 3.05) is 0 Å². The summed E-state index contributed by atoms with van der Waals surface area (Å²) in [6, 6.07) is -0.517. The molecule has 0 saturated carbocycles. The average molecular weight is 318 g/mol. The zero-order valence-electron chi connectivity index (χ0n) is 12.2. The highest BCUT2D eigenvalue weighted by atomic mass is 32.1. The van der Waals surface area contributed by atoms with Crippen LogP contribution in [0.15, 0.2) is 6.33 Å². The molecule has 0 spiro atoms. The Bertz CT molecular complexity index is 685. The highest BCUT2D eigenvalue weighted by molar-refractivity contribution is 7.11. The van der Waals surface area contributed by atoms with Gasteiger partial charge in [0.15, 0.2) is 0 Å². The highest BCUT2D eigenvalue weighted by Crippen LogP contribution is 2.29. The third-order valence-electron chi connectivity index (χ3n) is 4.51. The number of carboxylic acid groups (broad SMARTS) is 1. The zero-order valence-corrected chi connectivity index (χ0v) is 13.0. The quantitative estimate of drug-likeness (QED) is 0.901. The van der Waals surface area contributed by atoms with Crippen molar-refractivity contribution < 1.29 is 9.90 Å². The molecule has 2 aliphatic rings. The number of hydrogen-bond donors (Lipinski definition) is 2. The van der Waals surface area contributed by atoms with Gasteiger partial charge in [-0.15, -0.1) is 11.3 Å². The molecule has 2 N–H and O–H groups in total. The molecule has 0 bridgehead atoms. The monoisotopic (exact) mass is 318 g/mol. The van der Waals surface area contributed by atoms with Crippen molar-refractivity contribution in [1.82, 2.24) is 19.9 Å². The number of hydrogen-bond acceptors (Lipinski definition) is 5. The van der Waals surface area contributed by atoms with Crippen LogP contribution < -0.4 is 0 Å². The van der Waals surface area contributed by atoms with Crippen LogP contribution in [0.2, 0.25) is 0 Å². The normalized spacial score (nSPS) is 21.4. The molecule has 0 fully saturated rings. The summed E-state index contributed by atoms with van der Waals surface area (Å²) in [5, 5.41) is 10.6. The van der Waals surface area contributed by atoms with Crippen molar-refractivity contribution in [1.29, 1.82) is 0 Å². The van der Waals surface area contributed by atoms with Crippen LogP contribution in [0.1, 0.15) is 39.8 Å². The van der Waals surface area contributed by atoms with E-state index < -0.39 is 12.0 Å². The summed E-state index contributed by atoms with van der Waals surface area (Å²) in [6.45, 7) is 1.20. The first-order valence-corrected chi connectivity index (χ1v) is 8.48. The van der Waals surface area contributed by atoms with Gasteiger partial charge in [-0.3, -0.25) is 9.69 Å². The lowest BCUT2D eigenvalue weighted by atomic mass is 10.0. The zero-order chi connectivity index (χ0) is 15.1.